The molecule has 0 aliphatic carbocycles. The molecule has 0 spiro atoms. The molecule has 122 valence electrons. The van der Waals surface area contributed by atoms with E-state index in [9.17, 15) is 4.79 Å². The zero-order valence-corrected chi connectivity index (χ0v) is 13.7. The molecule has 1 aliphatic heterocycles. The fourth-order valence-electron chi connectivity index (χ4n) is 2.86. The van der Waals surface area contributed by atoms with Crippen molar-refractivity contribution in [2.45, 2.75) is 51.5 Å². The molecule has 2 rings (SSSR count). The van der Waals surface area contributed by atoms with E-state index in [1.165, 1.54) is 0 Å². The Balaban J connectivity index is 2.21. The molecule has 1 atom stereocenters. The van der Waals surface area contributed by atoms with E-state index < -0.39 is 0 Å². The van der Waals surface area contributed by atoms with Crippen LogP contribution in [0.2, 0.25) is 0 Å². The number of hydrogen-bond acceptors (Lipinski definition) is 5. The summed E-state index contributed by atoms with van der Waals surface area (Å²) >= 11 is 0. The lowest BCUT2D eigenvalue weighted by Gasteiger charge is -2.35. The van der Waals surface area contributed by atoms with Gasteiger partial charge in [-0.05, 0) is 37.7 Å². The lowest BCUT2D eigenvalue weighted by molar-refractivity contribution is 0.0547. The maximum Gasteiger partial charge on any atom is 0.272 e. The highest BCUT2D eigenvalue weighted by molar-refractivity contribution is 5.93. The summed E-state index contributed by atoms with van der Waals surface area (Å²) in [5.41, 5.74) is 6.98. The molecular formula is C16H26N4O2. The lowest BCUT2D eigenvalue weighted by atomic mass is 9.99. The van der Waals surface area contributed by atoms with Crippen molar-refractivity contribution in [1.29, 1.82) is 0 Å². The zero-order chi connectivity index (χ0) is 16.1. The van der Waals surface area contributed by atoms with Crippen molar-refractivity contribution in [2.75, 3.05) is 26.0 Å². The van der Waals surface area contributed by atoms with Gasteiger partial charge in [0.2, 0.25) is 5.95 Å². The molecular weight excluding hydrogens is 280 g/mol. The molecule has 0 aromatic carbocycles. The fourth-order valence-corrected chi connectivity index (χ4v) is 2.86. The Kier molecular flexibility index (Phi) is 5.71. The number of anilines is 1. The van der Waals surface area contributed by atoms with E-state index in [-0.39, 0.29) is 23.8 Å². The van der Waals surface area contributed by atoms with Crippen molar-refractivity contribution in [3.8, 4) is 0 Å². The van der Waals surface area contributed by atoms with Gasteiger partial charge in [0.15, 0.2) is 0 Å². The molecule has 1 amide bonds. The van der Waals surface area contributed by atoms with Crippen LogP contribution in [0.25, 0.3) is 0 Å². The molecule has 1 aromatic heterocycles. The number of nitrogens with zero attached hydrogens (tertiary/aromatic N) is 3. The predicted octanol–water partition coefficient (Wildman–Crippen LogP) is 2.21. The Morgan fingerprint density at radius 2 is 2.23 bits per heavy atom. The summed E-state index contributed by atoms with van der Waals surface area (Å²) in [6, 6.07) is 1.99. The molecule has 1 aromatic rings. The first-order valence-corrected chi connectivity index (χ1v) is 7.97. The van der Waals surface area contributed by atoms with Crippen LogP contribution in [0.5, 0.6) is 0 Å². The second-order valence-corrected chi connectivity index (χ2v) is 6.12. The van der Waals surface area contributed by atoms with E-state index >= 15 is 0 Å². The molecule has 0 radical (unpaired) electrons. The monoisotopic (exact) mass is 306 g/mol. The van der Waals surface area contributed by atoms with Crippen molar-refractivity contribution < 1.29 is 9.53 Å². The van der Waals surface area contributed by atoms with Crippen LogP contribution < -0.4 is 5.73 Å². The van der Waals surface area contributed by atoms with E-state index in [0.717, 1.165) is 37.9 Å². The van der Waals surface area contributed by atoms with Crippen molar-refractivity contribution in [2.24, 2.45) is 0 Å². The molecule has 0 unspecified atom stereocenters. The highest BCUT2D eigenvalue weighted by Crippen LogP contribution is 2.23. The third-order valence-corrected chi connectivity index (χ3v) is 4.12. The SMILES string of the molecule is COCC[C@H]1CCCCN1C(=O)c1cc(C(C)C)nc(N)n1. The van der Waals surface area contributed by atoms with E-state index in [1.54, 1.807) is 13.2 Å². The van der Waals surface area contributed by atoms with Gasteiger partial charge in [-0.25, -0.2) is 9.97 Å². The number of nitrogens with two attached hydrogens (primary N) is 1. The molecule has 1 aliphatic rings. The Bertz CT molecular complexity index is 519. The number of carbonyl (C=O) groups excluding carboxylic acids is 1. The minimum atomic E-state index is -0.0446. The number of amides is 1. The topological polar surface area (TPSA) is 81.3 Å². The summed E-state index contributed by atoms with van der Waals surface area (Å²) in [6.45, 7) is 5.49. The molecule has 0 saturated carbocycles. The van der Waals surface area contributed by atoms with Gasteiger partial charge in [0.1, 0.15) is 5.69 Å². The number of carbonyl (C=O) groups is 1. The van der Waals surface area contributed by atoms with Crippen LogP contribution in [0.15, 0.2) is 6.07 Å². The van der Waals surface area contributed by atoms with Crippen LogP contribution in [0, 0.1) is 0 Å². The maximum atomic E-state index is 12.8. The third kappa shape index (κ3) is 3.94. The van der Waals surface area contributed by atoms with Gasteiger partial charge in [0.25, 0.3) is 5.91 Å². The first kappa shape index (κ1) is 16.7. The summed E-state index contributed by atoms with van der Waals surface area (Å²) in [4.78, 5) is 23.1. The Morgan fingerprint density at radius 1 is 1.45 bits per heavy atom. The number of aromatic nitrogens is 2. The lowest BCUT2D eigenvalue weighted by Crippen LogP contribution is -2.44. The Morgan fingerprint density at radius 3 is 2.91 bits per heavy atom. The molecule has 6 heteroatoms. The minimum Gasteiger partial charge on any atom is -0.385 e. The van der Waals surface area contributed by atoms with Crippen LogP contribution in [0.4, 0.5) is 5.95 Å². The number of likely N-dealkylation sites (tertiary alicyclic amines) is 1. The highest BCUT2D eigenvalue weighted by Gasteiger charge is 2.28. The van der Waals surface area contributed by atoms with E-state index in [2.05, 4.69) is 9.97 Å². The number of ether oxygens (including phenoxy) is 1. The maximum absolute atomic E-state index is 12.8. The number of piperidine rings is 1. The van der Waals surface area contributed by atoms with Crippen molar-refractivity contribution in [3.63, 3.8) is 0 Å². The molecule has 1 saturated heterocycles. The standard InChI is InChI=1S/C16H26N4O2/c1-11(2)13-10-14(19-16(17)18-13)15(21)20-8-5-4-6-12(20)7-9-22-3/h10-12H,4-9H2,1-3H3,(H2,17,18,19)/t12-/m1/s1. The van der Waals surface area contributed by atoms with Crippen LogP contribution in [-0.2, 0) is 4.74 Å². The van der Waals surface area contributed by atoms with Gasteiger partial charge in [-0.3, -0.25) is 4.79 Å². The van der Waals surface area contributed by atoms with Gasteiger partial charge in [-0.2, -0.15) is 0 Å². The van der Waals surface area contributed by atoms with Gasteiger partial charge in [0, 0.05) is 32.0 Å². The normalized spacial score (nSPS) is 18.7. The smallest absolute Gasteiger partial charge is 0.272 e. The average molecular weight is 306 g/mol. The van der Waals surface area contributed by atoms with Crippen LogP contribution in [0.3, 0.4) is 0 Å². The average Bonchev–Trinajstić information content (AvgIpc) is 2.51. The molecule has 0 bridgehead atoms. The zero-order valence-electron chi connectivity index (χ0n) is 13.7. The van der Waals surface area contributed by atoms with Crippen LogP contribution in [-0.4, -0.2) is 47.1 Å². The van der Waals surface area contributed by atoms with Crippen molar-refractivity contribution in [3.05, 3.63) is 17.5 Å². The summed E-state index contributed by atoms with van der Waals surface area (Å²) in [6.07, 6.45) is 4.07. The van der Waals surface area contributed by atoms with Gasteiger partial charge in [-0.15, -0.1) is 0 Å². The Hall–Kier alpha value is -1.69. The predicted molar refractivity (Wildman–Crippen MR) is 85.7 cm³/mol. The molecule has 2 N–H and O–H groups in total. The second-order valence-electron chi connectivity index (χ2n) is 6.12. The number of rotatable bonds is 5. The number of hydrogen-bond donors (Lipinski definition) is 1. The van der Waals surface area contributed by atoms with E-state index in [1.807, 2.05) is 18.7 Å². The largest absolute Gasteiger partial charge is 0.385 e. The molecule has 1 fully saturated rings. The quantitative estimate of drug-likeness (QED) is 0.902. The van der Waals surface area contributed by atoms with Crippen molar-refractivity contribution in [1.82, 2.24) is 14.9 Å². The van der Waals surface area contributed by atoms with Gasteiger partial charge >= 0.3 is 0 Å². The number of nitrogen functional groups attached to an aromatic ring is 1. The van der Waals surface area contributed by atoms with Gasteiger partial charge in [0.05, 0.1) is 0 Å². The summed E-state index contributed by atoms with van der Waals surface area (Å²) in [7, 11) is 1.69. The molecule has 2 heterocycles. The third-order valence-electron chi connectivity index (χ3n) is 4.12. The van der Waals surface area contributed by atoms with E-state index in [4.69, 9.17) is 10.5 Å². The Labute approximate surface area is 132 Å². The first-order valence-electron chi connectivity index (χ1n) is 7.97. The van der Waals surface area contributed by atoms with Gasteiger partial charge < -0.3 is 15.4 Å². The minimum absolute atomic E-state index is 0.0446. The summed E-state index contributed by atoms with van der Waals surface area (Å²) in [5, 5.41) is 0. The number of methoxy groups -OCH3 is 1. The molecule has 22 heavy (non-hydrogen) atoms. The first-order chi connectivity index (χ1) is 10.5. The van der Waals surface area contributed by atoms with Crippen LogP contribution >= 0.6 is 0 Å². The van der Waals surface area contributed by atoms with Gasteiger partial charge in [-0.1, -0.05) is 13.8 Å². The van der Waals surface area contributed by atoms with E-state index in [0.29, 0.717) is 12.3 Å². The molecule has 6 nitrogen and oxygen atoms in total. The van der Waals surface area contributed by atoms with Crippen LogP contribution in [0.1, 0.15) is 61.6 Å². The fraction of sp³-hybridized carbons (Fsp3) is 0.688. The second kappa shape index (κ2) is 7.54. The summed E-state index contributed by atoms with van der Waals surface area (Å²) < 4.78 is 5.16. The highest BCUT2D eigenvalue weighted by atomic mass is 16.5. The summed E-state index contributed by atoms with van der Waals surface area (Å²) in [5.74, 6) is 0.333. The van der Waals surface area contributed by atoms with Crippen molar-refractivity contribution >= 4 is 11.9 Å².